The van der Waals surface area contributed by atoms with E-state index in [1.165, 1.54) is 42.2 Å². The number of thiazole rings is 1. The Morgan fingerprint density at radius 1 is 1.36 bits per heavy atom. The van der Waals surface area contributed by atoms with Crippen molar-refractivity contribution in [3.05, 3.63) is 23.2 Å². The van der Waals surface area contributed by atoms with Gasteiger partial charge in [-0.05, 0) is 63.1 Å². The number of fused-ring (bicyclic) bond motifs is 1. The number of piperidine rings is 1. The molecule has 0 bridgehead atoms. The first-order valence-electron chi connectivity index (χ1n) is 8.15. The number of ether oxygens (including phenoxy) is 1. The fourth-order valence-electron chi connectivity index (χ4n) is 3.04. The van der Waals surface area contributed by atoms with Crippen LogP contribution in [-0.4, -0.2) is 43.2 Å². The van der Waals surface area contributed by atoms with Crippen LogP contribution in [0.2, 0.25) is 0 Å². The number of nitrogens with zero attached hydrogens (tertiary/aromatic N) is 2. The average molecular weight is 319 g/mol. The fraction of sp³-hybridized carbons (Fsp3) is 0.588. The van der Waals surface area contributed by atoms with Crippen LogP contribution in [0.25, 0.3) is 10.2 Å². The molecule has 1 N–H and O–H groups in total. The number of benzene rings is 1. The molecule has 1 aliphatic rings. The summed E-state index contributed by atoms with van der Waals surface area (Å²) in [6, 6.07) is 6.12. The van der Waals surface area contributed by atoms with Gasteiger partial charge in [0.15, 0.2) is 0 Å². The molecule has 2 aromatic rings. The van der Waals surface area contributed by atoms with Crippen molar-refractivity contribution in [1.29, 1.82) is 0 Å². The standard InChI is InChI=1S/C17H25N3OS/c1-3-18-11-13-6-8-20(9-7-13)12-17-19-15-5-4-14(21-2)10-16(15)22-17/h4-5,10,13,18H,3,6-9,11-12H2,1-2H3. The fourth-order valence-corrected chi connectivity index (χ4v) is 4.07. The molecule has 1 aromatic carbocycles. The summed E-state index contributed by atoms with van der Waals surface area (Å²) in [6.45, 7) is 7.79. The van der Waals surface area contributed by atoms with E-state index in [1.54, 1.807) is 18.4 Å². The maximum absolute atomic E-state index is 5.29. The molecule has 0 amide bonds. The number of hydrogen-bond acceptors (Lipinski definition) is 5. The molecule has 0 saturated carbocycles. The lowest BCUT2D eigenvalue weighted by Gasteiger charge is -2.31. The van der Waals surface area contributed by atoms with E-state index in [0.29, 0.717) is 0 Å². The van der Waals surface area contributed by atoms with Gasteiger partial charge in [0.05, 0.1) is 23.9 Å². The molecular weight excluding hydrogens is 294 g/mol. The van der Waals surface area contributed by atoms with Gasteiger partial charge in [0.2, 0.25) is 0 Å². The molecule has 0 radical (unpaired) electrons. The Bertz CT molecular complexity index is 605. The third-order valence-electron chi connectivity index (χ3n) is 4.39. The van der Waals surface area contributed by atoms with E-state index in [-0.39, 0.29) is 0 Å². The molecule has 0 aliphatic carbocycles. The van der Waals surface area contributed by atoms with Crippen LogP contribution in [0.15, 0.2) is 18.2 Å². The third-order valence-corrected chi connectivity index (χ3v) is 5.39. The summed E-state index contributed by atoms with van der Waals surface area (Å²) in [7, 11) is 1.71. The molecule has 120 valence electrons. The van der Waals surface area contributed by atoms with Gasteiger partial charge in [-0.1, -0.05) is 6.92 Å². The molecule has 3 rings (SSSR count). The van der Waals surface area contributed by atoms with Crippen LogP contribution in [0.1, 0.15) is 24.8 Å². The normalized spacial score (nSPS) is 17.2. The van der Waals surface area contributed by atoms with Gasteiger partial charge in [0, 0.05) is 0 Å². The first-order valence-corrected chi connectivity index (χ1v) is 8.96. The van der Waals surface area contributed by atoms with E-state index in [9.17, 15) is 0 Å². The lowest BCUT2D eigenvalue weighted by molar-refractivity contribution is 0.176. The zero-order valence-corrected chi connectivity index (χ0v) is 14.3. The Hall–Kier alpha value is -1.17. The quantitative estimate of drug-likeness (QED) is 0.888. The van der Waals surface area contributed by atoms with Gasteiger partial charge in [-0.3, -0.25) is 4.90 Å². The second-order valence-electron chi connectivity index (χ2n) is 5.97. The van der Waals surface area contributed by atoms with Gasteiger partial charge in [-0.15, -0.1) is 11.3 Å². The molecule has 22 heavy (non-hydrogen) atoms. The summed E-state index contributed by atoms with van der Waals surface area (Å²) in [5, 5.41) is 4.69. The maximum atomic E-state index is 5.29. The van der Waals surface area contributed by atoms with Crippen molar-refractivity contribution in [2.75, 3.05) is 33.3 Å². The predicted octanol–water partition coefficient (Wildman–Crippen LogP) is 3.13. The summed E-state index contributed by atoms with van der Waals surface area (Å²) < 4.78 is 6.51. The van der Waals surface area contributed by atoms with Crippen molar-refractivity contribution in [3.8, 4) is 5.75 Å². The van der Waals surface area contributed by atoms with Gasteiger partial charge in [-0.2, -0.15) is 0 Å². The van der Waals surface area contributed by atoms with Gasteiger partial charge in [0.25, 0.3) is 0 Å². The first-order chi connectivity index (χ1) is 10.8. The van der Waals surface area contributed by atoms with E-state index >= 15 is 0 Å². The molecule has 0 unspecified atom stereocenters. The topological polar surface area (TPSA) is 37.4 Å². The average Bonchev–Trinajstić information content (AvgIpc) is 2.95. The second kappa shape index (κ2) is 7.40. The van der Waals surface area contributed by atoms with Gasteiger partial charge in [-0.25, -0.2) is 4.98 Å². The van der Waals surface area contributed by atoms with Crippen LogP contribution in [0, 0.1) is 5.92 Å². The third kappa shape index (κ3) is 3.77. The second-order valence-corrected chi connectivity index (χ2v) is 7.08. The number of hydrogen-bond donors (Lipinski definition) is 1. The Kier molecular flexibility index (Phi) is 5.28. The van der Waals surface area contributed by atoms with Crippen LogP contribution in [-0.2, 0) is 6.54 Å². The molecule has 4 nitrogen and oxygen atoms in total. The number of aromatic nitrogens is 1. The van der Waals surface area contributed by atoms with E-state index in [0.717, 1.165) is 30.3 Å². The maximum Gasteiger partial charge on any atom is 0.120 e. The Morgan fingerprint density at radius 3 is 2.91 bits per heavy atom. The predicted molar refractivity (Wildman–Crippen MR) is 92.7 cm³/mol. The van der Waals surface area contributed by atoms with E-state index < -0.39 is 0 Å². The molecule has 0 atom stereocenters. The minimum absolute atomic E-state index is 0.843. The Morgan fingerprint density at radius 2 is 2.18 bits per heavy atom. The molecule has 1 fully saturated rings. The van der Waals surface area contributed by atoms with Gasteiger partial charge < -0.3 is 10.1 Å². The number of methoxy groups -OCH3 is 1. The van der Waals surface area contributed by atoms with Crippen LogP contribution in [0.3, 0.4) is 0 Å². The zero-order valence-electron chi connectivity index (χ0n) is 13.5. The largest absolute Gasteiger partial charge is 0.497 e. The molecule has 2 heterocycles. The summed E-state index contributed by atoms with van der Waals surface area (Å²) in [5.74, 6) is 1.75. The summed E-state index contributed by atoms with van der Waals surface area (Å²) >= 11 is 1.79. The highest BCUT2D eigenvalue weighted by Crippen LogP contribution is 2.28. The van der Waals surface area contributed by atoms with Crippen molar-refractivity contribution in [1.82, 2.24) is 15.2 Å². The van der Waals surface area contributed by atoms with Crippen LogP contribution < -0.4 is 10.1 Å². The SMILES string of the molecule is CCNCC1CCN(Cc2nc3ccc(OC)cc3s2)CC1. The van der Waals surface area contributed by atoms with Crippen molar-refractivity contribution in [2.24, 2.45) is 5.92 Å². The van der Waals surface area contributed by atoms with Gasteiger partial charge >= 0.3 is 0 Å². The van der Waals surface area contributed by atoms with Crippen LogP contribution >= 0.6 is 11.3 Å². The molecule has 1 aliphatic heterocycles. The smallest absolute Gasteiger partial charge is 0.120 e. The van der Waals surface area contributed by atoms with Crippen molar-refractivity contribution in [3.63, 3.8) is 0 Å². The first kappa shape index (κ1) is 15.7. The summed E-state index contributed by atoms with van der Waals surface area (Å²) in [5.41, 5.74) is 1.09. The molecule has 5 heteroatoms. The van der Waals surface area contributed by atoms with Crippen LogP contribution in [0.4, 0.5) is 0 Å². The lowest BCUT2D eigenvalue weighted by Crippen LogP contribution is -2.36. The Balaban J connectivity index is 1.57. The van der Waals surface area contributed by atoms with Crippen LogP contribution in [0.5, 0.6) is 5.75 Å². The minimum atomic E-state index is 0.843. The monoisotopic (exact) mass is 319 g/mol. The van der Waals surface area contributed by atoms with Crippen molar-refractivity contribution in [2.45, 2.75) is 26.3 Å². The number of likely N-dealkylation sites (tertiary alicyclic amines) is 1. The van der Waals surface area contributed by atoms with E-state index in [4.69, 9.17) is 9.72 Å². The summed E-state index contributed by atoms with van der Waals surface area (Å²) in [4.78, 5) is 7.30. The van der Waals surface area contributed by atoms with Crippen molar-refractivity contribution >= 4 is 21.6 Å². The van der Waals surface area contributed by atoms with Gasteiger partial charge in [0.1, 0.15) is 10.8 Å². The molecule has 0 spiro atoms. The minimum Gasteiger partial charge on any atom is -0.497 e. The number of rotatable bonds is 6. The number of nitrogens with one attached hydrogen (secondary N) is 1. The molecular formula is C17H25N3OS. The molecule has 1 aromatic heterocycles. The highest BCUT2D eigenvalue weighted by Gasteiger charge is 2.19. The van der Waals surface area contributed by atoms with E-state index in [2.05, 4.69) is 29.3 Å². The Labute approximate surface area is 136 Å². The lowest BCUT2D eigenvalue weighted by atomic mass is 9.97. The van der Waals surface area contributed by atoms with Crippen molar-refractivity contribution < 1.29 is 4.74 Å². The highest BCUT2D eigenvalue weighted by molar-refractivity contribution is 7.18. The van der Waals surface area contributed by atoms with E-state index in [1.807, 2.05) is 6.07 Å². The molecule has 1 saturated heterocycles. The highest BCUT2D eigenvalue weighted by atomic mass is 32.1. The zero-order chi connectivity index (χ0) is 15.4. The summed E-state index contributed by atoms with van der Waals surface area (Å²) in [6.07, 6.45) is 2.59.